The fourth-order valence-corrected chi connectivity index (χ4v) is 7.31. The number of fused-ring (bicyclic) bond motifs is 1. The summed E-state index contributed by atoms with van der Waals surface area (Å²) in [5, 5.41) is 1.23. The van der Waals surface area contributed by atoms with Gasteiger partial charge in [0.05, 0.1) is 5.02 Å². The van der Waals surface area contributed by atoms with Gasteiger partial charge in [0.15, 0.2) is 5.60 Å². The molecule has 0 radical (unpaired) electrons. The second-order valence-electron chi connectivity index (χ2n) is 8.72. The van der Waals surface area contributed by atoms with Crippen molar-refractivity contribution in [3.8, 4) is 0 Å². The summed E-state index contributed by atoms with van der Waals surface area (Å²) in [4.78, 5) is 28.6. The van der Waals surface area contributed by atoms with E-state index in [0.717, 1.165) is 35.5 Å². The summed E-state index contributed by atoms with van der Waals surface area (Å²) in [5.74, 6) is -0.967. The Balaban J connectivity index is 1.69. The van der Waals surface area contributed by atoms with Crippen molar-refractivity contribution in [2.24, 2.45) is 0 Å². The maximum atomic E-state index is 12.9. The van der Waals surface area contributed by atoms with Crippen LogP contribution in [0.15, 0.2) is 65.6 Å². The van der Waals surface area contributed by atoms with Gasteiger partial charge in [0.1, 0.15) is 0 Å². The summed E-state index contributed by atoms with van der Waals surface area (Å²) in [6, 6.07) is 15.4. The van der Waals surface area contributed by atoms with Crippen LogP contribution < -0.4 is 0 Å². The Kier molecular flexibility index (Phi) is 5.98. The van der Waals surface area contributed by atoms with Crippen LogP contribution in [-0.2, 0) is 19.1 Å². The number of likely N-dealkylation sites (N-methyl/N-ethyl adjacent to an activating group) is 1. The van der Waals surface area contributed by atoms with Gasteiger partial charge in [-0.1, -0.05) is 47.5 Å². The molecule has 2 saturated heterocycles. The van der Waals surface area contributed by atoms with E-state index in [2.05, 4.69) is 4.90 Å². The summed E-state index contributed by atoms with van der Waals surface area (Å²) in [6.45, 7) is 0. The zero-order valence-corrected chi connectivity index (χ0v) is 20.3. The van der Waals surface area contributed by atoms with Gasteiger partial charge >= 0.3 is 11.9 Å². The minimum absolute atomic E-state index is 0.183. The third-order valence-corrected chi connectivity index (χ3v) is 9.02. The normalized spacial score (nSPS) is 32.3. The van der Waals surface area contributed by atoms with Gasteiger partial charge in [-0.2, -0.15) is 0 Å². The topological polar surface area (TPSA) is 55.8 Å². The lowest BCUT2D eigenvalue weighted by Gasteiger charge is -2.57. The Morgan fingerprint density at radius 3 is 2.58 bits per heavy atom. The molecule has 0 aromatic heterocycles. The predicted octanol–water partition coefficient (Wildman–Crippen LogP) is 5.46. The lowest BCUT2D eigenvalue weighted by Crippen LogP contribution is -2.72. The smallest absolute Gasteiger partial charge is 0.332 e. The molecule has 2 aromatic carbocycles. The Hall–Kier alpha value is -1.99. The van der Waals surface area contributed by atoms with E-state index in [9.17, 15) is 9.59 Å². The average molecular weight is 504 g/mol. The minimum Gasteiger partial charge on any atom is -0.449 e. The molecular formula is C25H23Cl2NO4S. The van der Waals surface area contributed by atoms with Gasteiger partial charge in [-0.25, -0.2) is 9.59 Å². The molecule has 2 aromatic rings. The number of thioether (sulfide) groups is 1. The first-order chi connectivity index (χ1) is 15.8. The molecule has 3 heterocycles. The van der Waals surface area contributed by atoms with E-state index in [4.69, 9.17) is 32.7 Å². The third kappa shape index (κ3) is 3.77. The Labute approximate surface area is 207 Å². The zero-order valence-electron chi connectivity index (χ0n) is 18.0. The molecule has 3 aliphatic rings. The molecule has 0 saturated carbocycles. The van der Waals surface area contributed by atoms with Gasteiger partial charge in [-0.15, -0.1) is 11.8 Å². The van der Waals surface area contributed by atoms with Crippen LogP contribution in [0.3, 0.4) is 0 Å². The van der Waals surface area contributed by atoms with Gasteiger partial charge in [0.25, 0.3) is 0 Å². The maximum Gasteiger partial charge on any atom is 0.332 e. The summed E-state index contributed by atoms with van der Waals surface area (Å²) in [7, 11) is 1.95. The Bertz CT molecular complexity index is 1140. The van der Waals surface area contributed by atoms with Gasteiger partial charge in [0.2, 0.25) is 5.72 Å². The van der Waals surface area contributed by atoms with E-state index >= 15 is 0 Å². The van der Waals surface area contributed by atoms with Crippen molar-refractivity contribution >= 4 is 46.9 Å². The van der Waals surface area contributed by atoms with Gasteiger partial charge in [-0.05, 0) is 49.7 Å². The van der Waals surface area contributed by atoms with Crippen LogP contribution in [0.1, 0.15) is 30.7 Å². The second-order valence-corrected chi connectivity index (χ2v) is 10.6. The number of carbonyl (C=O) groups is 2. The lowest BCUT2D eigenvalue weighted by molar-refractivity contribution is -0.260. The molecule has 5 nitrogen and oxygen atoms in total. The van der Waals surface area contributed by atoms with Crippen molar-refractivity contribution in [1.29, 1.82) is 0 Å². The first kappa shape index (κ1) is 22.8. The van der Waals surface area contributed by atoms with E-state index in [1.165, 1.54) is 11.8 Å². The van der Waals surface area contributed by atoms with Crippen LogP contribution in [0.2, 0.25) is 10.0 Å². The molecule has 4 atom stereocenters. The van der Waals surface area contributed by atoms with E-state index in [1.807, 2.05) is 55.6 Å². The standard InChI is InChI=1S/C25H23Cl2NO4S/c1-28-18-11-12-25(28)24(31-22(29)9-10-23(30)32-25,15-33-21-8-3-2-7-20(21)27)19(14-18)16-5-4-6-17(26)13-16/h2-10,13,18-19H,11-12,14-15H2,1H3/b10-9+/t18?,19-,24+,25?/m0/s1. The number of carbonyl (C=O) groups excluding carboxylic acids is 2. The number of hydrogen-bond acceptors (Lipinski definition) is 6. The summed E-state index contributed by atoms with van der Waals surface area (Å²) < 4.78 is 12.5. The van der Waals surface area contributed by atoms with Crippen molar-refractivity contribution in [2.75, 3.05) is 12.8 Å². The van der Waals surface area contributed by atoms with Crippen molar-refractivity contribution in [3.05, 3.63) is 76.3 Å². The van der Waals surface area contributed by atoms with Crippen LogP contribution in [0, 0.1) is 0 Å². The van der Waals surface area contributed by atoms with Gasteiger partial charge < -0.3 is 9.47 Å². The van der Waals surface area contributed by atoms with Gasteiger partial charge in [-0.3, -0.25) is 4.90 Å². The number of benzene rings is 2. The second kappa shape index (κ2) is 8.66. The van der Waals surface area contributed by atoms with E-state index < -0.39 is 23.3 Å². The van der Waals surface area contributed by atoms with Crippen LogP contribution in [0.25, 0.3) is 0 Å². The summed E-state index contributed by atoms with van der Waals surface area (Å²) in [6.07, 6.45) is 4.44. The van der Waals surface area contributed by atoms with Crippen LogP contribution in [-0.4, -0.2) is 47.0 Å². The number of ether oxygens (including phenoxy) is 2. The average Bonchev–Trinajstić information content (AvgIpc) is 3.02. The highest BCUT2D eigenvalue weighted by Crippen LogP contribution is 2.59. The number of piperidine rings is 1. The van der Waals surface area contributed by atoms with Crippen LogP contribution in [0.5, 0.6) is 0 Å². The number of nitrogens with zero attached hydrogens (tertiary/aromatic N) is 1. The van der Waals surface area contributed by atoms with E-state index in [1.54, 1.807) is 0 Å². The SMILES string of the molecule is CN1C2CCC13OC(=O)/C=C/C(=O)O[C@]3(CSc1ccccc1Cl)[C@H](c1cccc(Cl)c1)C2. The molecule has 5 rings (SSSR count). The highest BCUT2D eigenvalue weighted by atomic mass is 35.5. The molecule has 1 spiro atoms. The fourth-order valence-electron chi connectivity index (χ4n) is 5.58. The molecule has 3 aliphatic heterocycles. The molecule has 0 aliphatic carbocycles. The van der Waals surface area contributed by atoms with E-state index in [-0.39, 0.29) is 12.0 Å². The summed E-state index contributed by atoms with van der Waals surface area (Å²) >= 11 is 14.3. The highest BCUT2D eigenvalue weighted by Gasteiger charge is 2.70. The molecular weight excluding hydrogens is 481 g/mol. The molecule has 2 fully saturated rings. The largest absolute Gasteiger partial charge is 0.449 e. The molecule has 172 valence electrons. The van der Waals surface area contributed by atoms with Crippen molar-refractivity contribution < 1.29 is 19.1 Å². The summed E-state index contributed by atoms with van der Waals surface area (Å²) in [5.41, 5.74) is -1.30. The van der Waals surface area contributed by atoms with Crippen molar-refractivity contribution in [3.63, 3.8) is 0 Å². The molecule has 0 N–H and O–H groups in total. The number of hydrogen-bond donors (Lipinski definition) is 0. The lowest BCUT2D eigenvalue weighted by atomic mass is 9.71. The monoisotopic (exact) mass is 503 g/mol. The first-order valence-corrected chi connectivity index (χ1v) is 12.6. The Morgan fingerprint density at radius 1 is 1.06 bits per heavy atom. The molecule has 2 bridgehead atoms. The third-order valence-electron chi connectivity index (χ3n) is 7.10. The first-order valence-electron chi connectivity index (χ1n) is 10.8. The predicted molar refractivity (Wildman–Crippen MR) is 129 cm³/mol. The van der Waals surface area contributed by atoms with Crippen molar-refractivity contribution in [1.82, 2.24) is 4.90 Å². The van der Waals surface area contributed by atoms with Crippen LogP contribution >= 0.6 is 35.0 Å². The van der Waals surface area contributed by atoms with Crippen LogP contribution in [0.4, 0.5) is 0 Å². The molecule has 8 heteroatoms. The maximum absolute atomic E-state index is 12.9. The van der Waals surface area contributed by atoms with E-state index in [0.29, 0.717) is 22.2 Å². The number of halogens is 2. The number of rotatable bonds is 4. The zero-order chi connectivity index (χ0) is 23.2. The highest BCUT2D eigenvalue weighted by molar-refractivity contribution is 7.99. The minimum atomic E-state index is -1.15. The quantitative estimate of drug-likeness (QED) is 0.407. The number of esters is 2. The Morgan fingerprint density at radius 2 is 1.82 bits per heavy atom. The molecule has 0 amide bonds. The van der Waals surface area contributed by atoms with Crippen molar-refractivity contribution in [2.45, 2.75) is 47.4 Å². The fraction of sp³-hybridized carbons (Fsp3) is 0.360. The molecule has 2 unspecified atom stereocenters. The van der Waals surface area contributed by atoms with Gasteiger partial charge in [0, 0.05) is 46.2 Å². The molecule has 33 heavy (non-hydrogen) atoms.